The van der Waals surface area contributed by atoms with Crippen molar-refractivity contribution in [2.45, 2.75) is 31.2 Å². The van der Waals surface area contributed by atoms with Gasteiger partial charge in [-0.15, -0.1) is 0 Å². The second kappa shape index (κ2) is 7.94. The molecule has 2 N–H and O–H groups in total. The van der Waals surface area contributed by atoms with Crippen LogP contribution in [0.5, 0.6) is 5.75 Å². The topological polar surface area (TPSA) is 45.7 Å². The van der Waals surface area contributed by atoms with Crippen molar-refractivity contribution in [2.75, 3.05) is 20.7 Å². The van der Waals surface area contributed by atoms with Gasteiger partial charge in [0.2, 0.25) is 0 Å². The van der Waals surface area contributed by atoms with Gasteiger partial charge in [-0.2, -0.15) is 0 Å². The molecule has 144 valence electrons. The first-order valence-electron chi connectivity index (χ1n) is 9.05. The highest BCUT2D eigenvalue weighted by molar-refractivity contribution is 5.80. The molecule has 1 unspecified atom stereocenters. The van der Waals surface area contributed by atoms with E-state index in [0.29, 0.717) is 12.5 Å². The van der Waals surface area contributed by atoms with E-state index in [1.54, 1.807) is 19.2 Å². The number of rotatable bonds is 6. The van der Waals surface area contributed by atoms with Crippen molar-refractivity contribution in [3.05, 3.63) is 65.2 Å². The van der Waals surface area contributed by atoms with E-state index in [-0.39, 0.29) is 23.0 Å². The minimum absolute atomic E-state index is 0.153. The van der Waals surface area contributed by atoms with Crippen molar-refractivity contribution in [1.29, 1.82) is 0 Å². The number of hydrogen-bond acceptors (Lipinski definition) is 2. The van der Waals surface area contributed by atoms with Crippen LogP contribution in [0.15, 0.2) is 47.5 Å². The summed E-state index contributed by atoms with van der Waals surface area (Å²) in [6.45, 7) is 2.52. The van der Waals surface area contributed by atoms with Gasteiger partial charge in [0.1, 0.15) is 5.82 Å². The average Bonchev–Trinajstić information content (AvgIpc) is 3.46. The van der Waals surface area contributed by atoms with Crippen LogP contribution in [0.2, 0.25) is 0 Å². The van der Waals surface area contributed by atoms with E-state index >= 15 is 0 Å². The lowest BCUT2D eigenvalue weighted by molar-refractivity contribution is 0.386. The predicted octanol–water partition coefficient (Wildman–Crippen LogP) is 3.93. The SMILES string of the molecule is CN=C(NCC1(c2ccccc2F)CC1)NC(C)c1ccc(OC)c(F)c1. The second-order valence-corrected chi connectivity index (χ2v) is 6.95. The summed E-state index contributed by atoms with van der Waals surface area (Å²) in [5, 5.41) is 6.54. The summed E-state index contributed by atoms with van der Waals surface area (Å²) in [6, 6.07) is 11.6. The van der Waals surface area contributed by atoms with Crippen LogP contribution in [0.1, 0.15) is 36.9 Å². The lowest BCUT2D eigenvalue weighted by atomic mass is 9.95. The maximum absolute atomic E-state index is 14.1. The molecule has 0 saturated heterocycles. The number of methoxy groups -OCH3 is 1. The maximum Gasteiger partial charge on any atom is 0.191 e. The fraction of sp³-hybridized carbons (Fsp3) is 0.381. The predicted molar refractivity (Wildman–Crippen MR) is 103 cm³/mol. The van der Waals surface area contributed by atoms with Crippen LogP contribution < -0.4 is 15.4 Å². The van der Waals surface area contributed by atoms with Crippen molar-refractivity contribution in [3.8, 4) is 5.75 Å². The zero-order chi connectivity index (χ0) is 19.4. The molecule has 0 aromatic heterocycles. The molecule has 4 nitrogen and oxygen atoms in total. The van der Waals surface area contributed by atoms with Gasteiger partial charge in [-0.05, 0) is 49.1 Å². The molecule has 0 amide bonds. The quantitative estimate of drug-likeness (QED) is 0.596. The molecular formula is C21H25F2N3O. The van der Waals surface area contributed by atoms with Crippen LogP contribution in [0.25, 0.3) is 0 Å². The Morgan fingerprint density at radius 3 is 2.52 bits per heavy atom. The first-order valence-corrected chi connectivity index (χ1v) is 9.05. The standard InChI is InChI=1S/C21H25F2N3O/c1-14(15-8-9-19(27-3)18(23)12-15)26-20(24-2)25-13-21(10-11-21)16-6-4-5-7-17(16)22/h4-9,12,14H,10-11,13H2,1-3H3,(H2,24,25,26). The number of hydrogen-bond donors (Lipinski definition) is 2. The Morgan fingerprint density at radius 2 is 1.93 bits per heavy atom. The largest absolute Gasteiger partial charge is 0.494 e. The third-order valence-corrected chi connectivity index (χ3v) is 5.15. The van der Waals surface area contributed by atoms with Crippen LogP contribution in [0, 0.1) is 11.6 Å². The number of nitrogens with one attached hydrogen (secondary N) is 2. The third-order valence-electron chi connectivity index (χ3n) is 5.15. The van der Waals surface area contributed by atoms with E-state index in [0.717, 1.165) is 24.0 Å². The summed E-state index contributed by atoms with van der Waals surface area (Å²) < 4.78 is 33.0. The average molecular weight is 373 g/mol. The Labute approximate surface area is 158 Å². The van der Waals surface area contributed by atoms with E-state index in [9.17, 15) is 8.78 Å². The third kappa shape index (κ3) is 4.21. The Bertz CT molecular complexity index is 834. The summed E-state index contributed by atoms with van der Waals surface area (Å²) in [6.07, 6.45) is 1.88. The van der Waals surface area contributed by atoms with Crippen molar-refractivity contribution in [3.63, 3.8) is 0 Å². The van der Waals surface area contributed by atoms with Crippen LogP contribution >= 0.6 is 0 Å². The van der Waals surface area contributed by atoms with Gasteiger partial charge < -0.3 is 15.4 Å². The molecule has 0 heterocycles. The molecular weight excluding hydrogens is 348 g/mol. The van der Waals surface area contributed by atoms with Gasteiger partial charge in [0.15, 0.2) is 17.5 Å². The Morgan fingerprint density at radius 1 is 1.19 bits per heavy atom. The monoisotopic (exact) mass is 373 g/mol. The van der Waals surface area contributed by atoms with E-state index < -0.39 is 5.82 Å². The minimum Gasteiger partial charge on any atom is -0.494 e. The first-order chi connectivity index (χ1) is 13.0. The molecule has 1 atom stereocenters. The van der Waals surface area contributed by atoms with Crippen LogP contribution in [-0.4, -0.2) is 26.7 Å². The van der Waals surface area contributed by atoms with E-state index in [4.69, 9.17) is 4.74 Å². The lowest BCUT2D eigenvalue weighted by Crippen LogP contribution is -2.42. The van der Waals surface area contributed by atoms with Crippen LogP contribution in [0.3, 0.4) is 0 Å². The second-order valence-electron chi connectivity index (χ2n) is 6.95. The number of aliphatic imine (C=N–C) groups is 1. The molecule has 3 rings (SSSR count). The summed E-state index contributed by atoms with van der Waals surface area (Å²) in [7, 11) is 3.12. The number of benzene rings is 2. The summed E-state index contributed by atoms with van der Waals surface area (Å²) in [5.74, 6) is 0.250. The van der Waals surface area contributed by atoms with E-state index in [1.165, 1.54) is 19.2 Å². The van der Waals surface area contributed by atoms with Crippen molar-refractivity contribution < 1.29 is 13.5 Å². The molecule has 2 aromatic carbocycles. The molecule has 0 radical (unpaired) electrons. The number of nitrogens with zero attached hydrogens (tertiary/aromatic N) is 1. The lowest BCUT2D eigenvalue weighted by Gasteiger charge is -2.22. The van der Waals surface area contributed by atoms with Gasteiger partial charge in [0.25, 0.3) is 0 Å². The van der Waals surface area contributed by atoms with Gasteiger partial charge in [-0.25, -0.2) is 8.78 Å². The molecule has 1 fully saturated rings. The zero-order valence-electron chi connectivity index (χ0n) is 15.9. The molecule has 1 saturated carbocycles. The van der Waals surface area contributed by atoms with E-state index in [2.05, 4.69) is 15.6 Å². The summed E-state index contributed by atoms with van der Waals surface area (Å²) in [4.78, 5) is 4.24. The molecule has 6 heteroatoms. The fourth-order valence-corrected chi connectivity index (χ4v) is 3.27. The summed E-state index contributed by atoms with van der Waals surface area (Å²) in [5.41, 5.74) is 1.35. The van der Waals surface area contributed by atoms with E-state index in [1.807, 2.05) is 25.1 Å². The minimum atomic E-state index is -0.400. The highest BCUT2D eigenvalue weighted by Gasteiger charge is 2.45. The van der Waals surface area contributed by atoms with Gasteiger partial charge in [0, 0.05) is 19.0 Å². The van der Waals surface area contributed by atoms with Crippen molar-refractivity contribution >= 4 is 5.96 Å². The highest BCUT2D eigenvalue weighted by Crippen LogP contribution is 2.48. The van der Waals surface area contributed by atoms with Gasteiger partial charge in [0.05, 0.1) is 13.2 Å². The highest BCUT2D eigenvalue weighted by atomic mass is 19.1. The molecule has 1 aliphatic carbocycles. The van der Waals surface area contributed by atoms with Gasteiger partial charge in [-0.3, -0.25) is 4.99 Å². The number of ether oxygens (including phenoxy) is 1. The molecule has 1 aliphatic rings. The molecule has 0 spiro atoms. The number of guanidine groups is 1. The Kier molecular flexibility index (Phi) is 5.63. The van der Waals surface area contributed by atoms with Crippen LogP contribution in [-0.2, 0) is 5.41 Å². The normalized spacial score (nSPS) is 16.6. The van der Waals surface area contributed by atoms with Gasteiger partial charge in [-0.1, -0.05) is 24.3 Å². The molecule has 2 aromatic rings. The number of halogens is 2. The zero-order valence-corrected chi connectivity index (χ0v) is 15.9. The fourth-order valence-electron chi connectivity index (χ4n) is 3.27. The Balaban J connectivity index is 1.63. The Hall–Kier alpha value is -2.63. The van der Waals surface area contributed by atoms with Gasteiger partial charge >= 0.3 is 0 Å². The smallest absolute Gasteiger partial charge is 0.191 e. The van der Waals surface area contributed by atoms with Crippen LogP contribution in [0.4, 0.5) is 8.78 Å². The molecule has 0 aliphatic heterocycles. The summed E-state index contributed by atoms with van der Waals surface area (Å²) >= 11 is 0. The first kappa shape index (κ1) is 19.1. The van der Waals surface area contributed by atoms with Crippen molar-refractivity contribution in [2.24, 2.45) is 4.99 Å². The van der Waals surface area contributed by atoms with Crippen molar-refractivity contribution in [1.82, 2.24) is 10.6 Å². The molecule has 0 bridgehead atoms. The maximum atomic E-state index is 14.1. The molecule has 27 heavy (non-hydrogen) atoms.